The third kappa shape index (κ3) is 2.44. The fraction of sp³-hybridized carbons (Fsp3) is 0.429. The van der Waals surface area contributed by atoms with Crippen molar-refractivity contribution in [1.82, 2.24) is 14.8 Å². The Bertz CT molecular complexity index is 624. The summed E-state index contributed by atoms with van der Waals surface area (Å²) >= 11 is 7.14. The van der Waals surface area contributed by atoms with Gasteiger partial charge in [0.1, 0.15) is 0 Å². The molecule has 3 nitrogen and oxygen atoms in total. The second kappa shape index (κ2) is 5.43. The number of allylic oxidation sites excluding steroid dienone is 1. The van der Waals surface area contributed by atoms with Crippen molar-refractivity contribution in [2.75, 3.05) is 0 Å². The SMILES string of the molecule is C=CCn1c(-c2cc3c(s2)CCCCC3)n[nH]c1=S. The van der Waals surface area contributed by atoms with Gasteiger partial charge in [0.05, 0.1) is 4.88 Å². The summed E-state index contributed by atoms with van der Waals surface area (Å²) in [6.07, 6.45) is 8.25. The number of hydrogen-bond acceptors (Lipinski definition) is 3. The second-order valence-corrected chi connectivity index (χ2v) is 6.39. The lowest BCUT2D eigenvalue weighted by molar-refractivity contribution is 0.712. The molecule has 100 valence electrons. The van der Waals surface area contributed by atoms with Crippen LogP contribution in [0.3, 0.4) is 0 Å². The Morgan fingerprint density at radius 3 is 3.11 bits per heavy atom. The van der Waals surface area contributed by atoms with E-state index in [2.05, 4.69) is 22.8 Å². The first-order chi connectivity index (χ1) is 9.29. The average Bonchev–Trinajstić information content (AvgIpc) is 2.89. The largest absolute Gasteiger partial charge is 0.296 e. The zero-order valence-electron chi connectivity index (χ0n) is 10.8. The summed E-state index contributed by atoms with van der Waals surface area (Å²) in [6, 6.07) is 2.30. The van der Waals surface area contributed by atoms with Crippen LogP contribution in [0.5, 0.6) is 0 Å². The van der Waals surface area contributed by atoms with Gasteiger partial charge in [0.25, 0.3) is 0 Å². The molecular formula is C14H17N3S2. The molecule has 1 aliphatic carbocycles. The molecule has 0 unspecified atom stereocenters. The molecule has 0 amide bonds. The maximum atomic E-state index is 5.27. The summed E-state index contributed by atoms with van der Waals surface area (Å²) in [5.41, 5.74) is 1.51. The van der Waals surface area contributed by atoms with Crippen LogP contribution in [-0.4, -0.2) is 14.8 Å². The molecule has 3 rings (SSSR count). The minimum atomic E-state index is 0.665. The van der Waals surface area contributed by atoms with Gasteiger partial charge < -0.3 is 0 Å². The first kappa shape index (κ1) is 12.8. The van der Waals surface area contributed by atoms with Crippen LogP contribution in [0.1, 0.15) is 29.7 Å². The molecule has 2 heterocycles. The number of thiophene rings is 1. The quantitative estimate of drug-likeness (QED) is 0.524. The molecule has 0 aliphatic heterocycles. The Morgan fingerprint density at radius 1 is 1.42 bits per heavy atom. The third-order valence-electron chi connectivity index (χ3n) is 3.54. The maximum absolute atomic E-state index is 5.27. The lowest BCUT2D eigenvalue weighted by Crippen LogP contribution is -1.97. The minimum Gasteiger partial charge on any atom is -0.296 e. The number of aryl methyl sites for hydroxylation is 2. The Morgan fingerprint density at radius 2 is 2.26 bits per heavy atom. The van der Waals surface area contributed by atoms with Crippen LogP contribution in [0.2, 0.25) is 0 Å². The van der Waals surface area contributed by atoms with E-state index in [-0.39, 0.29) is 0 Å². The number of rotatable bonds is 3. The summed E-state index contributed by atoms with van der Waals surface area (Å²) in [7, 11) is 0. The predicted molar refractivity (Wildman–Crippen MR) is 82.2 cm³/mol. The monoisotopic (exact) mass is 291 g/mol. The summed E-state index contributed by atoms with van der Waals surface area (Å²) in [5.74, 6) is 0.947. The number of nitrogens with zero attached hydrogens (tertiary/aromatic N) is 2. The topological polar surface area (TPSA) is 33.6 Å². The Hall–Kier alpha value is -1.20. The fourth-order valence-electron chi connectivity index (χ4n) is 2.58. The van der Waals surface area contributed by atoms with E-state index in [1.54, 1.807) is 0 Å². The Kier molecular flexibility index (Phi) is 3.66. The molecule has 2 aromatic heterocycles. The van der Waals surface area contributed by atoms with E-state index in [9.17, 15) is 0 Å². The highest BCUT2D eigenvalue weighted by molar-refractivity contribution is 7.71. The second-order valence-electron chi connectivity index (χ2n) is 4.87. The summed E-state index contributed by atoms with van der Waals surface area (Å²) in [6.45, 7) is 4.49. The first-order valence-electron chi connectivity index (χ1n) is 6.67. The lowest BCUT2D eigenvalue weighted by atomic mass is 10.1. The molecule has 0 atom stereocenters. The molecular weight excluding hydrogens is 274 g/mol. The van der Waals surface area contributed by atoms with Gasteiger partial charge in [0.15, 0.2) is 10.6 Å². The van der Waals surface area contributed by atoms with E-state index in [4.69, 9.17) is 12.2 Å². The third-order valence-corrected chi connectivity index (χ3v) is 5.08. The van der Waals surface area contributed by atoms with Crippen molar-refractivity contribution < 1.29 is 0 Å². The van der Waals surface area contributed by atoms with Crippen molar-refractivity contribution in [3.63, 3.8) is 0 Å². The number of fused-ring (bicyclic) bond motifs is 1. The molecule has 1 N–H and O–H groups in total. The molecule has 0 saturated carbocycles. The smallest absolute Gasteiger partial charge is 0.195 e. The summed E-state index contributed by atoms with van der Waals surface area (Å²) < 4.78 is 2.67. The number of aromatic amines is 1. The number of nitrogens with one attached hydrogen (secondary N) is 1. The van der Waals surface area contributed by atoms with E-state index >= 15 is 0 Å². The van der Waals surface area contributed by atoms with Crippen LogP contribution >= 0.6 is 23.6 Å². The fourth-order valence-corrected chi connectivity index (χ4v) is 4.04. The first-order valence-corrected chi connectivity index (χ1v) is 7.90. The molecule has 0 aromatic carbocycles. The van der Waals surface area contributed by atoms with Crippen molar-refractivity contribution >= 4 is 23.6 Å². The van der Waals surface area contributed by atoms with E-state index in [1.165, 1.54) is 47.4 Å². The van der Waals surface area contributed by atoms with Gasteiger partial charge in [-0.2, -0.15) is 5.10 Å². The van der Waals surface area contributed by atoms with Gasteiger partial charge in [-0.1, -0.05) is 12.5 Å². The molecule has 1 aliphatic rings. The molecule has 19 heavy (non-hydrogen) atoms. The van der Waals surface area contributed by atoms with Gasteiger partial charge in [-0.3, -0.25) is 9.67 Å². The van der Waals surface area contributed by atoms with Gasteiger partial charge in [-0.25, -0.2) is 0 Å². The zero-order valence-corrected chi connectivity index (χ0v) is 12.4. The van der Waals surface area contributed by atoms with Crippen LogP contribution in [0, 0.1) is 4.77 Å². The summed E-state index contributed by atoms with van der Waals surface area (Å²) in [5, 5.41) is 7.27. The molecule has 0 fully saturated rings. The van der Waals surface area contributed by atoms with Crippen molar-refractivity contribution in [2.24, 2.45) is 0 Å². The van der Waals surface area contributed by atoms with Gasteiger partial charge in [-0.15, -0.1) is 17.9 Å². The van der Waals surface area contributed by atoms with Crippen LogP contribution < -0.4 is 0 Å². The molecule has 5 heteroatoms. The number of H-pyrrole nitrogens is 1. The lowest BCUT2D eigenvalue weighted by Gasteiger charge is -2.00. The van der Waals surface area contributed by atoms with Crippen molar-refractivity contribution in [3.05, 3.63) is 33.9 Å². The average molecular weight is 291 g/mol. The van der Waals surface area contributed by atoms with Gasteiger partial charge in [0.2, 0.25) is 0 Å². The van der Waals surface area contributed by atoms with E-state index in [1.807, 2.05) is 22.0 Å². The predicted octanol–water partition coefficient (Wildman–Crippen LogP) is 4.12. The highest BCUT2D eigenvalue weighted by Gasteiger charge is 2.16. The normalized spacial score (nSPS) is 14.9. The van der Waals surface area contributed by atoms with Gasteiger partial charge in [0, 0.05) is 11.4 Å². The van der Waals surface area contributed by atoms with E-state index in [0.717, 1.165) is 5.82 Å². The standard InChI is InChI=1S/C14H17N3S2/c1-2-8-17-13(15-16-14(17)18)12-9-10-6-4-3-5-7-11(10)19-12/h2,9H,1,3-8H2,(H,16,18). The molecule has 0 radical (unpaired) electrons. The molecule has 0 bridgehead atoms. The highest BCUT2D eigenvalue weighted by Crippen LogP contribution is 2.34. The Balaban J connectivity index is 2.03. The summed E-state index contributed by atoms with van der Waals surface area (Å²) in [4.78, 5) is 2.76. The van der Waals surface area contributed by atoms with Gasteiger partial charge in [-0.05, 0) is 49.5 Å². The van der Waals surface area contributed by atoms with Crippen molar-refractivity contribution in [1.29, 1.82) is 0 Å². The van der Waals surface area contributed by atoms with Crippen molar-refractivity contribution in [3.8, 4) is 10.7 Å². The van der Waals surface area contributed by atoms with Crippen LogP contribution in [0.4, 0.5) is 0 Å². The zero-order chi connectivity index (χ0) is 13.2. The van der Waals surface area contributed by atoms with E-state index in [0.29, 0.717) is 11.3 Å². The molecule has 0 spiro atoms. The molecule has 2 aromatic rings. The van der Waals surface area contributed by atoms with Crippen LogP contribution in [0.25, 0.3) is 10.7 Å². The number of hydrogen-bond donors (Lipinski definition) is 1. The van der Waals surface area contributed by atoms with Crippen LogP contribution in [0.15, 0.2) is 18.7 Å². The van der Waals surface area contributed by atoms with E-state index < -0.39 is 0 Å². The van der Waals surface area contributed by atoms with Gasteiger partial charge >= 0.3 is 0 Å². The maximum Gasteiger partial charge on any atom is 0.195 e. The van der Waals surface area contributed by atoms with Crippen LogP contribution in [-0.2, 0) is 19.4 Å². The minimum absolute atomic E-state index is 0.665. The molecule has 0 saturated heterocycles. The highest BCUT2D eigenvalue weighted by atomic mass is 32.1. The Labute approximate surface area is 122 Å². The van der Waals surface area contributed by atoms with Crippen molar-refractivity contribution in [2.45, 2.75) is 38.6 Å². The number of aromatic nitrogens is 3.